The maximum Gasteiger partial charge on any atom is 0.327 e. The molecule has 2 fully saturated rings. The molecule has 0 aliphatic carbocycles. The van der Waals surface area contributed by atoms with E-state index in [0.29, 0.717) is 18.7 Å². The fourth-order valence-corrected chi connectivity index (χ4v) is 4.51. The lowest BCUT2D eigenvalue weighted by atomic mass is 9.93. The first-order chi connectivity index (χ1) is 16.1. The number of hydrogen-bond acceptors (Lipinski definition) is 5. The first-order valence-corrected chi connectivity index (χ1v) is 11.7. The van der Waals surface area contributed by atoms with Gasteiger partial charge in [0, 0.05) is 18.1 Å². The van der Waals surface area contributed by atoms with E-state index in [2.05, 4.69) is 22.5 Å². The first-order valence-electron chi connectivity index (χ1n) is 11.7. The first kappa shape index (κ1) is 22.9. The topological polar surface area (TPSA) is 94.6 Å². The molecule has 2 N–H and O–H groups in total. The Morgan fingerprint density at radius 3 is 2.61 bits per heavy atom. The molecule has 0 saturated carbocycles. The Morgan fingerprint density at radius 1 is 1.12 bits per heavy atom. The molecule has 2 saturated heterocycles. The molecule has 4 amide bonds. The van der Waals surface area contributed by atoms with Gasteiger partial charge in [0.2, 0.25) is 11.8 Å². The van der Waals surface area contributed by atoms with Crippen molar-refractivity contribution < 1.29 is 14.4 Å². The summed E-state index contributed by atoms with van der Waals surface area (Å²) in [4.78, 5) is 46.1. The number of anilines is 1. The number of aryl methyl sites for hydroxylation is 1. The Morgan fingerprint density at radius 2 is 1.88 bits per heavy atom. The average Bonchev–Trinajstić information content (AvgIpc) is 2.84. The molecule has 4 rings (SSSR count). The van der Waals surface area contributed by atoms with Crippen LogP contribution < -0.4 is 10.6 Å². The van der Waals surface area contributed by atoms with Crippen molar-refractivity contribution in [2.24, 2.45) is 0 Å². The average molecular weight is 450 g/mol. The number of fused-ring (bicyclic) bond motifs is 1. The zero-order chi connectivity index (χ0) is 23.2. The number of unbranched alkanes of at least 4 members (excludes halogenated alkanes) is 1. The molecule has 0 bridgehead atoms. The van der Waals surface area contributed by atoms with E-state index in [1.807, 2.05) is 24.3 Å². The van der Waals surface area contributed by atoms with Gasteiger partial charge in [-0.1, -0.05) is 25.5 Å². The highest BCUT2D eigenvalue weighted by molar-refractivity contribution is 6.02. The number of piperidine rings is 1. The van der Waals surface area contributed by atoms with Gasteiger partial charge in [0.1, 0.15) is 12.6 Å². The van der Waals surface area contributed by atoms with Gasteiger partial charge >= 0.3 is 6.03 Å². The number of carbonyl (C=O) groups is 3. The summed E-state index contributed by atoms with van der Waals surface area (Å²) >= 11 is 0. The maximum atomic E-state index is 13.3. The molecule has 0 radical (unpaired) electrons. The minimum absolute atomic E-state index is 0.0978. The molecule has 174 valence electrons. The third kappa shape index (κ3) is 5.39. The number of hydrogen-bond donors (Lipinski definition) is 2. The Balaban J connectivity index is 1.46. The van der Waals surface area contributed by atoms with Crippen LogP contribution in [0, 0.1) is 0 Å². The Hall–Kier alpha value is -3.26. The number of imide groups is 1. The van der Waals surface area contributed by atoms with Crippen molar-refractivity contribution in [3.05, 3.63) is 59.9 Å². The van der Waals surface area contributed by atoms with Gasteiger partial charge < -0.3 is 15.5 Å². The van der Waals surface area contributed by atoms with Crippen LogP contribution in [0.25, 0.3) is 0 Å². The van der Waals surface area contributed by atoms with Crippen molar-refractivity contribution in [3.63, 3.8) is 0 Å². The highest BCUT2D eigenvalue weighted by atomic mass is 16.2. The summed E-state index contributed by atoms with van der Waals surface area (Å²) in [7, 11) is 0. The van der Waals surface area contributed by atoms with Gasteiger partial charge in [0.05, 0.1) is 12.6 Å². The van der Waals surface area contributed by atoms with Crippen molar-refractivity contribution in [1.82, 2.24) is 20.1 Å². The zero-order valence-corrected chi connectivity index (χ0v) is 19.0. The second-order valence-electron chi connectivity index (χ2n) is 8.68. The van der Waals surface area contributed by atoms with E-state index in [9.17, 15) is 14.4 Å². The number of nitrogens with zero attached hydrogens (tertiary/aromatic N) is 3. The lowest BCUT2D eigenvalue weighted by Gasteiger charge is -2.46. The van der Waals surface area contributed by atoms with Gasteiger partial charge in [-0.15, -0.1) is 0 Å². The van der Waals surface area contributed by atoms with Crippen LogP contribution in [0.4, 0.5) is 10.5 Å². The molecule has 1 aromatic heterocycles. The molecule has 8 heteroatoms. The number of rotatable bonds is 8. The van der Waals surface area contributed by atoms with E-state index in [1.54, 1.807) is 29.4 Å². The lowest BCUT2D eigenvalue weighted by molar-refractivity contribution is -0.138. The minimum atomic E-state index is -0.496. The summed E-state index contributed by atoms with van der Waals surface area (Å²) in [5.41, 5.74) is 2.75. The molecular weight excluding hydrogens is 418 g/mol. The molecule has 0 spiro atoms. The molecule has 1 aromatic carbocycles. The maximum absolute atomic E-state index is 13.3. The highest BCUT2D eigenvalue weighted by Gasteiger charge is 2.47. The second kappa shape index (κ2) is 10.6. The monoisotopic (exact) mass is 449 g/mol. The molecule has 2 unspecified atom stereocenters. The molecule has 2 atom stereocenters. The van der Waals surface area contributed by atoms with E-state index < -0.39 is 12.1 Å². The summed E-state index contributed by atoms with van der Waals surface area (Å²) in [6.45, 7) is 2.94. The third-order valence-electron chi connectivity index (χ3n) is 6.30. The van der Waals surface area contributed by atoms with Crippen molar-refractivity contribution in [1.29, 1.82) is 0 Å². The standard InChI is InChI=1S/C25H31N5O3/c1-2-3-5-18-7-9-20(10-8-18)28-22(31)17-29-21-6-4-13-27-23(21)24(32)30(25(29)33)16-19-11-14-26-15-12-19/h7-12,14-15,21,23,27H,2-6,13,16-17H2,1H3,(H,28,31). The van der Waals surface area contributed by atoms with E-state index in [1.165, 1.54) is 10.5 Å². The summed E-state index contributed by atoms with van der Waals surface area (Å²) in [5.74, 6) is -0.506. The number of aromatic nitrogens is 1. The van der Waals surface area contributed by atoms with Gasteiger partial charge in [-0.2, -0.15) is 0 Å². The van der Waals surface area contributed by atoms with E-state index in [0.717, 1.165) is 31.2 Å². The molecule has 8 nitrogen and oxygen atoms in total. The summed E-state index contributed by atoms with van der Waals surface area (Å²) in [6, 6.07) is 10.1. The lowest BCUT2D eigenvalue weighted by Crippen LogP contribution is -2.70. The summed E-state index contributed by atoms with van der Waals surface area (Å²) < 4.78 is 0. The Kier molecular flexibility index (Phi) is 7.34. The van der Waals surface area contributed by atoms with E-state index >= 15 is 0 Å². The SMILES string of the molecule is CCCCc1ccc(NC(=O)CN2C(=O)N(Cc3ccncc3)C(=O)C3NCCCC32)cc1. The third-order valence-corrected chi connectivity index (χ3v) is 6.30. The van der Waals surface area contributed by atoms with Gasteiger partial charge in [0.15, 0.2) is 0 Å². The fourth-order valence-electron chi connectivity index (χ4n) is 4.51. The molecule has 2 aliphatic rings. The van der Waals surface area contributed by atoms with Crippen LogP contribution in [-0.4, -0.2) is 57.8 Å². The van der Waals surface area contributed by atoms with E-state index in [-0.39, 0.29) is 30.9 Å². The number of amides is 4. The minimum Gasteiger partial charge on any atom is -0.325 e. The molecular formula is C25H31N5O3. The number of pyridine rings is 1. The number of urea groups is 1. The number of carbonyl (C=O) groups excluding carboxylic acids is 3. The van der Waals surface area contributed by atoms with Crippen LogP contribution in [0.2, 0.25) is 0 Å². The smallest absolute Gasteiger partial charge is 0.325 e. The highest BCUT2D eigenvalue weighted by Crippen LogP contribution is 2.26. The molecule has 2 aromatic rings. The normalized spacial score (nSPS) is 20.5. The zero-order valence-electron chi connectivity index (χ0n) is 19.0. The van der Waals surface area contributed by atoms with Crippen molar-refractivity contribution in [2.45, 2.75) is 57.7 Å². The van der Waals surface area contributed by atoms with Crippen molar-refractivity contribution in [2.75, 3.05) is 18.4 Å². The van der Waals surface area contributed by atoms with Crippen LogP contribution in [-0.2, 0) is 22.6 Å². The number of benzene rings is 1. The van der Waals surface area contributed by atoms with Crippen molar-refractivity contribution in [3.8, 4) is 0 Å². The van der Waals surface area contributed by atoms with Gasteiger partial charge in [-0.05, 0) is 67.6 Å². The summed E-state index contributed by atoms with van der Waals surface area (Å²) in [6.07, 6.45) is 8.10. The van der Waals surface area contributed by atoms with Crippen molar-refractivity contribution >= 4 is 23.5 Å². The fraction of sp³-hybridized carbons (Fsp3) is 0.440. The Labute approximate surface area is 194 Å². The van der Waals surface area contributed by atoms with Gasteiger partial charge in [-0.25, -0.2) is 4.79 Å². The molecule has 2 aliphatic heterocycles. The van der Waals surface area contributed by atoms with Crippen LogP contribution in [0.5, 0.6) is 0 Å². The Bertz CT molecular complexity index is 979. The molecule has 3 heterocycles. The van der Waals surface area contributed by atoms with Crippen LogP contribution in [0.3, 0.4) is 0 Å². The largest absolute Gasteiger partial charge is 0.327 e. The predicted octanol–water partition coefficient (Wildman–Crippen LogP) is 2.95. The molecule has 33 heavy (non-hydrogen) atoms. The van der Waals surface area contributed by atoms with Crippen LogP contribution in [0.1, 0.15) is 43.7 Å². The quantitative estimate of drug-likeness (QED) is 0.646. The van der Waals surface area contributed by atoms with Gasteiger partial charge in [0.25, 0.3) is 0 Å². The predicted molar refractivity (Wildman–Crippen MR) is 125 cm³/mol. The van der Waals surface area contributed by atoms with Crippen LogP contribution in [0.15, 0.2) is 48.8 Å². The van der Waals surface area contributed by atoms with E-state index in [4.69, 9.17) is 0 Å². The second-order valence-corrected chi connectivity index (χ2v) is 8.68. The van der Waals surface area contributed by atoms with Gasteiger partial charge in [-0.3, -0.25) is 19.5 Å². The van der Waals surface area contributed by atoms with Crippen LogP contribution >= 0.6 is 0 Å². The number of nitrogens with one attached hydrogen (secondary N) is 2. The summed E-state index contributed by atoms with van der Waals surface area (Å²) in [5, 5.41) is 6.15.